The van der Waals surface area contributed by atoms with Gasteiger partial charge in [0, 0.05) is 0 Å². The summed E-state index contributed by atoms with van der Waals surface area (Å²) in [5.74, 6) is 2.87. The van der Waals surface area contributed by atoms with E-state index >= 15 is 0 Å². The van der Waals surface area contributed by atoms with Crippen molar-refractivity contribution in [3.63, 3.8) is 0 Å². The molecule has 0 heteroatoms. The maximum Gasteiger partial charge on any atom is -0.0391 e. The number of hydrogen-bond donors (Lipinski definition) is 0. The van der Waals surface area contributed by atoms with Gasteiger partial charge in [-0.1, -0.05) is 105 Å². The molecule has 0 saturated carbocycles. The van der Waals surface area contributed by atoms with E-state index in [4.69, 9.17) is 0 Å². The smallest absolute Gasteiger partial charge is 0.0391 e. The van der Waals surface area contributed by atoms with Crippen LogP contribution in [0.5, 0.6) is 0 Å². The SMILES string of the molecule is CCCCCCC(CC)C(C)CCCCC(C)CC. The summed E-state index contributed by atoms with van der Waals surface area (Å²) < 4.78 is 0. The fraction of sp³-hybridized carbons (Fsp3) is 1.00. The summed E-state index contributed by atoms with van der Waals surface area (Å²) in [4.78, 5) is 0. The maximum absolute atomic E-state index is 2.50. The van der Waals surface area contributed by atoms with Crippen LogP contribution in [0.25, 0.3) is 0 Å². The zero-order valence-corrected chi connectivity index (χ0v) is 14.5. The molecule has 3 unspecified atom stereocenters. The Labute approximate surface area is 123 Å². The molecule has 0 spiro atoms. The third-order valence-electron chi connectivity index (χ3n) is 5.06. The van der Waals surface area contributed by atoms with Gasteiger partial charge in [0.25, 0.3) is 0 Å². The number of rotatable bonds is 13. The van der Waals surface area contributed by atoms with Crippen LogP contribution in [-0.2, 0) is 0 Å². The summed E-state index contributed by atoms with van der Waals surface area (Å²) in [7, 11) is 0. The zero-order chi connectivity index (χ0) is 14.5. The molecule has 0 N–H and O–H groups in total. The molecule has 0 aliphatic carbocycles. The standard InChI is InChI=1S/C19H40/c1-6-9-10-11-16-19(8-3)18(5)15-13-12-14-17(4)7-2/h17-19H,6-16H2,1-5H3. The molecular formula is C19H40. The van der Waals surface area contributed by atoms with Crippen LogP contribution in [0.1, 0.15) is 105 Å². The fourth-order valence-electron chi connectivity index (χ4n) is 3.12. The molecule has 0 saturated heterocycles. The van der Waals surface area contributed by atoms with Crippen LogP contribution in [0.2, 0.25) is 0 Å². The summed E-state index contributed by atoms with van der Waals surface area (Å²) >= 11 is 0. The Morgan fingerprint density at radius 2 is 1.26 bits per heavy atom. The lowest BCUT2D eigenvalue weighted by Crippen LogP contribution is -2.11. The molecule has 19 heavy (non-hydrogen) atoms. The van der Waals surface area contributed by atoms with Gasteiger partial charge >= 0.3 is 0 Å². The highest BCUT2D eigenvalue weighted by atomic mass is 14.2. The van der Waals surface area contributed by atoms with Gasteiger partial charge in [-0.15, -0.1) is 0 Å². The Hall–Kier alpha value is 0. The molecule has 0 rings (SSSR count). The van der Waals surface area contributed by atoms with Crippen molar-refractivity contribution in [3.05, 3.63) is 0 Å². The van der Waals surface area contributed by atoms with Crippen molar-refractivity contribution < 1.29 is 0 Å². The van der Waals surface area contributed by atoms with E-state index in [9.17, 15) is 0 Å². The number of hydrogen-bond acceptors (Lipinski definition) is 0. The molecule has 0 radical (unpaired) electrons. The Bertz CT molecular complexity index is 173. The topological polar surface area (TPSA) is 0 Å². The molecule has 0 nitrogen and oxygen atoms in total. The predicted octanol–water partition coefficient (Wildman–Crippen LogP) is 7.23. The van der Waals surface area contributed by atoms with E-state index in [2.05, 4.69) is 34.6 Å². The first kappa shape index (κ1) is 19.0. The van der Waals surface area contributed by atoms with Crippen molar-refractivity contribution in [3.8, 4) is 0 Å². The van der Waals surface area contributed by atoms with Gasteiger partial charge in [0.05, 0.1) is 0 Å². The van der Waals surface area contributed by atoms with E-state index in [1.54, 1.807) is 0 Å². The summed E-state index contributed by atoms with van der Waals surface area (Å²) in [6.07, 6.45) is 15.7. The van der Waals surface area contributed by atoms with Gasteiger partial charge in [-0.2, -0.15) is 0 Å². The second kappa shape index (κ2) is 13.0. The Morgan fingerprint density at radius 3 is 1.84 bits per heavy atom. The van der Waals surface area contributed by atoms with Crippen molar-refractivity contribution in [1.82, 2.24) is 0 Å². The van der Waals surface area contributed by atoms with E-state index < -0.39 is 0 Å². The monoisotopic (exact) mass is 268 g/mol. The van der Waals surface area contributed by atoms with Crippen LogP contribution >= 0.6 is 0 Å². The van der Waals surface area contributed by atoms with E-state index in [0.29, 0.717) is 0 Å². The molecule has 0 bridgehead atoms. The first-order valence-electron chi connectivity index (χ1n) is 9.15. The van der Waals surface area contributed by atoms with Crippen molar-refractivity contribution in [2.24, 2.45) is 17.8 Å². The van der Waals surface area contributed by atoms with Crippen LogP contribution in [0, 0.1) is 17.8 Å². The van der Waals surface area contributed by atoms with Gasteiger partial charge in [-0.3, -0.25) is 0 Å². The highest BCUT2D eigenvalue weighted by Gasteiger charge is 2.14. The minimum absolute atomic E-state index is 0.936. The third-order valence-corrected chi connectivity index (χ3v) is 5.06. The minimum atomic E-state index is 0.936. The summed E-state index contributed by atoms with van der Waals surface area (Å²) in [6.45, 7) is 11.9. The highest BCUT2D eigenvalue weighted by Crippen LogP contribution is 2.27. The van der Waals surface area contributed by atoms with Crippen molar-refractivity contribution in [2.45, 2.75) is 105 Å². The van der Waals surface area contributed by atoms with Crippen molar-refractivity contribution in [2.75, 3.05) is 0 Å². The lowest BCUT2D eigenvalue weighted by molar-refractivity contribution is 0.289. The minimum Gasteiger partial charge on any atom is -0.0654 e. The molecule has 0 fully saturated rings. The first-order chi connectivity index (χ1) is 9.15. The Morgan fingerprint density at radius 1 is 0.632 bits per heavy atom. The average molecular weight is 269 g/mol. The normalized spacial score (nSPS) is 16.3. The van der Waals surface area contributed by atoms with Crippen LogP contribution < -0.4 is 0 Å². The van der Waals surface area contributed by atoms with Gasteiger partial charge in [-0.25, -0.2) is 0 Å². The van der Waals surface area contributed by atoms with Crippen LogP contribution in [0.15, 0.2) is 0 Å². The quantitative estimate of drug-likeness (QED) is 0.309. The predicted molar refractivity (Wildman–Crippen MR) is 89.6 cm³/mol. The van der Waals surface area contributed by atoms with Gasteiger partial charge in [-0.05, 0) is 17.8 Å². The number of unbranched alkanes of at least 4 members (excludes halogenated alkanes) is 4. The second-order valence-electron chi connectivity index (χ2n) is 6.79. The van der Waals surface area contributed by atoms with Gasteiger partial charge in [0.1, 0.15) is 0 Å². The zero-order valence-electron chi connectivity index (χ0n) is 14.5. The van der Waals surface area contributed by atoms with Crippen molar-refractivity contribution in [1.29, 1.82) is 0 Å². The molecule has 0 aromatic rings. The van der Waals surface area contributed by atoms with Crippen LogP contribution in [-0.4, -0.2) is 0 Å². The molecule has 0 aromatic heterocycles. The van der Waals surface area contributed by atoms with E-state index in [1.807, 2.05) is 0 Å². The van der Waals surface area contributed by atoms with Crippen LogP contribution in [0.4, 0.5) is 0 Å². The lowest BCUT2D eigenvalue weighted by Gasteiger charge is -2.23. The molecule has 3 atom stereocenters. The first-order valence-corrected chi connectivity index (χ1v) is 9.15. The maximum atomic E-state index is 2.50. The van der Waals surface area contributed by atoms with Crippen molar-refractivity contribution >= 4 is 0 Å². The summed E-state index contributed by atoms with van der Waals surface area (Å²) in [5.41, 5.74) is 0. The molecule has 0 aromatic carbocycles. The van der Waals surface area contributed by atoms with E-state index in [0.717, 1.165) is 17.8 Å². The third kappa shape index (κ3) is 10.4. The summed E-state index contributed by atoms with van der Waals surface area (Å²) in [5, 5.41) is 0. The van der Waals surface area contributed by atoms with Gasteiger partial charge in [0.15, 0.2) is 0 Å². The molecular weight excluding hydrogens is 228 g/mol. The Balaban J connectivity index is 3.66. The summed E-state index contributed by atoms with van der Waals surface area (Å²) in [6, 6.07) is 0. The highest BCUT2D eigenvalue weighted by molar-refractivity contribution is 4.66. The van der Waals surface area contributed by atoms with E-state index in [1.165, 1.54) is 70.6 Å². The molecule has 0 aliphatic rings. The molecule has 0 heterocycles. The molecule has 116 valence electrons. The van der Waals surface area contributed by atoms with E-state index in [-0.39, 0.29) is 0 Å². The lowest BCUT2D eigenvalue weighted by atomic mass is 9.83. The Kier molecular flexibility index (Phi) is 13.0. The largest absolute Gasteiger partial charge is 0.0654 e. The van der Waals surface area contributed by atoms with Gasteiger partial charge < -0.3 is 0 Å². The molecule has 0 aliphatic heterocycles. The molecule has 0 amide bonds. The average Bonchev–Trinajstić information content (AvgIpc) is 2.43. The van der Waals surface area contributed by atoms with Crippen LogP contribution in [0.3, 0.4) is 0 Å². The van der Waals surface area contributed by atoms with Gasteiger partial charge in [0.2, 0.25) is 0 Å². The second-order valence-corrected chi connectivity index (χ2v) is 6.79. The fourth-order valence-corrected chi connectivity index (χ4v) is 3.12.